The van der Waals surface area contributed by atoms with Gasteiger partial charge in [-0.25, -0.2) is 0 Å². The maximum absolute atomic E-state index is 12.3. The summed E-state index contributed by atoms with van der Waals surface area (Å²) >= 11 is 13.5. The number of hydrogen-bond acceptors (Lipinski definition) is 5. The molecule has 0 fully saturated rings. The van der Waals surface area contributed by atoms with Gasteiger partial charge in [-0.1, -0.05) is 41.3 Å². The number of aryl methyl sites for hydroxylation is 1. The van der Waals surface area contributed by atoms with E-state index in [-0.39, 0.29) is 24.3 Å². The lowest BCUT2D eigenvalue weighted by molar-refractivity contribution is 0.103. The zero-order chi connectivity index (χ0) is 15.7. The van der Waals surface area contributed by atoms with Crippen LogP contribution in [0.5, 0.6) is 0 Å². The fraction of sp³-hybridized carbons (Fsp3) is 0.231. The lowest BCUT2D eigenvalue weighted by Gasteiger charge is -1.98. The highest BCUT2D eigenvalue weighted by molar-refractivity contribution is 7.21. The summed E-state index contributed by atoms with van der Waals surface area (Å²) in [7, 11) is 0. The molecule has 0 spiro atoms. The van der Waals surface area contributed by atoms with E-state index in [4.69, 9.17) is 23.2 Å². The molecule has 0 unspecified atom stereocenters. The minimum Gasteiger partial charge on any atom is -0.287 e. The van der Waals surface area contributed by atoms with E-state index in [1.807, 2.05) is 6.92 Å². The number of aromatic nitrogens is 4. The summed E-state index contributed by atoms with van der Waals surface area (Å²) in [5.74, 6) is -0.205. The Balaban J connectivity index is 0.00000192. The van der Waals surface area contributed by atoms with Gasteiger partial charge in [0.05, 0.1) is 11.6 Å². The number of carbonyl (C=O) groups excluding carboxylic acids is 1. The van der Waals surface area contributed by atoms with Crippen molar-refractivity contribution in [3.63, 3.8) is 0 Å². The lowest BCUT2D eigenvalue weighted by Crippen LogP contribution is -2.12. The number of anilines is 1. The molecule has 0 bridgehead atoms. The van der Waals surface area contributed by atoms with Gasteiger partial charge in [0.1, 0.15) is 4.88 Å². The van der Waals surface area contributed by atoms with Crippen molar-refractivity contribution < 1.29 is 4.79 Å². The first-order valence-corrected chi connectivity index (χ1v) is 8.12. The van der Waals surface area contributed by atoms with Gasteiger partial charge in [0.25, 0.3) is 11.9 Å². The second-order valence-corrected chi connectivity index (χ2v) is 6.42. The predicted molar refractivity (Wildman–Crippen MR) is 95.2 cm³/mol. The van der Waals surface area contributed by atoms with Crippen molar-refractivity contribution in [2.45, 2.75) is 19.9 Å². The van der Waals surface area contributed by atoms with Crippen molar-refractivity contribution >= 4 is 68.9 Å². The Morgan fingerprint density at radius 3 is 2.91 bits per heavy atom. The number of carbonyl (C=O) groups is 1. The van der Waals surface area contributed by atoms with Gasteiger partial charge in [0.2, 0.25) is 0 Å². The molecule has 0 aliphatic heterocycles. The maximum Gasteiger partial charge on any atom is 0.270 e. The molecule has 1 N–H and O–H groups in total. The van der Waals surface area contributed by atoms with E-state index in [0.29, 0.717) is 21.5 Å². The highest BCUT2D eigenvalue weighted by Crippen LogP contribution is 2.36. The fourth-order valence-corrected chi connectivity index (χ4v) is 3.62. The number of rotatable bonds is 4. The molecule has 3 aromatic rings. The number of nitrogens with zero attached hydrogens (tertiary/aromatic N) is 4. The maximum atomic E-state index is 12.3. The standard InChI is InChI=1S/C13H11Cl2N5OS.ClH/c1-2-5-20-18-13(17-19-20)16-12(21)11-10(15)8-4-3-7(14)6-9(8)22-11;/h3-4,6H,2,5H2,1H3,(H,16,18,21);1H. The Labute approximate surface area is 152 Å². The molecule has 0 aliphatic rings. The number of fused-ring (bicyclic) bond motifs is 1. The van der Waals surface area contributed by atoms with Crippen LogP contribution in [0.25, 0.3) is 10.1 Å². The molecule has 0 saturated carbocycles. The third-order valence-electron chi connectivity index (χ3n) is 2.90. The average Bonchev–Trinajstić information content (AvgIpc) is 3.04. The molecule has 122 valence electrons. The number of nitrogens with one attached hydrogen (secondary N) is 1. The first-order valence-electron chi connectivity index (χ1n) is 6.55. The quantitative estimate of drug-likeness (QED) is 0.719. The van der Waals surface area contributed by atoms with Crippen LogP contribution in [0.15, 0.2) is 18.2 Å². The topological polar surface area (TPSA) is 72.7 Å². The first kappa shape index (κ1) is 17.9. The van der Waals surface area contributed by atoms with E-state index in [0.717, 1.165) is 16.5 Å². The summed E-state index contributed by atoms with van der Waals surface area (Å²) in [6, 6.07) is 5.31. The summed E-state index contributed by atoms with van der Waals surface area (Å²) in [5, 5.41) is 16.1. The number of tetrazole rings is 1. The van der Waals surface area contributed by atoms with Gasteiger partial charge < -0.3 is 0 Å². The molecule has 23 heavy (non-hydrogen) atoms. The molecular weight excluding hydrogens is 381 g/mol. The third-order valence-corrected chi connectivity index (χ3v) is 4.79. The lowest BCUT2D eigenvalue weighted by atomic mass is 10.2. The van der Waals surface area contributed by atoms with Crippen molar-refractivity contribution in [2.24, 2.45) is 0 Å². The molecule has 3 rings (SSSR count). The second-order valence-electron chi connectivity index (χ2n) is 4.55. The van der Waals surface area contributed by atoms with Crippen LogP contribution in [0.3, 0.4) is 0 Å². The van der Waals surface area contributed by atoms with Crippen molar-refractivity contribution in [1.29, 1.82) is 0 Å². The summed E-state index contributed by atoms with van der Waals surface area (Å²) < 4.78 is 0.852. The molecule has 0 atom stereocenters. The molecule has 0 radical (unpaired) electrons. The van der Waals surface area contributed by atoms with Gasteiger partial charge in [-0.3, -0.25) is 10.1 Å². The van der Waals surface area contributed by atoms with Crippen LogP contribution < -0.4 is 5.32 Å². The van der Waals surface area contributed by atoms with Gasteiger partial charge in [-0.15, -0.1) is 28.8 Å². The predicted octanol–water partition coefficient (Wildman–Crippen LogP) is 4.28. The molecular formula is C13H12Cl3N5OS. The molecule has 0 aliphatic carbocycles. The molecule has 0 saturated heterocycles. The Bertz CT molecular complexity index is 847. The zero-order valence-corrected chi connectivity index (χ0v) is 15.1. The monoisotopic (exact) mass is 391 g/mol. The average molecular weight is 393 g/mol. The van der Waals surface area contributed by atoms with Crippen LogP contribution in [-0.2, 0) is 6.54 Å². The second kappa shape index (κ2) is 7.44. The largest absolute Gasteiger partial charge is 0.287 e. The number of thiophene rings is 1. The van der Waals surface area contributed by atoms with Crippen LogP contribution in [0, 0.1) is 0 Å². The first-order chi connectivity index (χ1) is 10.6. The zero-order valence-electron chi connectivity index (χ0n) is 11.9. The summed E-state index contributed by atoms with van der Waals surface area (Å²) in [4.78, 5) is 14.1. The van der Waals surface area contributed by atoms with Gasteiger partial charge in [-0.2, -0.15) is 4.80 Å². The number of halogens is 3. The Morgan fingerprint density at radius 1 is 1.39 bits per heavy atom. The van der Waals surface area contributed by atoms with Gasteiger partial charge >= 0.3 is 0 Å². The minimum absolute atomic E-state index is 0. The highest BCUT2D eigenvalue weighted by atomic mass is 35.5. The molecule has 1 amide bonds. The van der Waals surface area contributed by atoms with E-state index in [1.54, 1.807) is 18.2 Å². The number of hydrogen-bond donors (Lipinski definition) is 1. The molecule has 2 heterocycles. The van der Waals surface area contributed by atoms with Crippen LogP contribution >= 0.6 is 46.9 Å². The number of benzene rings is 1. The van der Waals surface area contributed by atoms with E-state index in [2.05, 4.69) is 20.7 Å². The Morgan fingerprint density at radius 2 is 2.17 bits per heavy atom. The van der Waals surface area contributed by atoms with Crippen LogP contribution in [0.1, 0.15) is 23.0 Å². The van der Waals surface area contributed by atoms with Crippen molar-refractivity contribution in [3.05, 3.63) is 33.1 Å². The normalized spacial score (nSPS) is 10.6. The van der Waals surface area contributed by atoms with E-state index < -0.39 is 0 Å². The SMILES string of the molecule is CCCn1nnc(NC(=O)c2sc3cc(Cl)ccc3c2Cl)n1.Cl. The van der Waals surface area contributed by atoms with E-state index in [1.165, 1.54) is 16.1 Å². The van der Waals surface area contributed by atoms with Crippen LogP contribution in [0.4, 0.5) is 5.95 Å². The summed E-state index contributed by atoms with van der Waals surface area (Å²) in [6.45, 7) is 2.65. The van der Waals surface area contributed by atoms with Gasteiger partial charge in [0.15, 0.2) is 0 Å². The van der Waals surface area contributed by atoms with Crippen LogP contribution in [0.2, 0.25) is 10.0 Å². The molecule has 10 heteroatoms. The van der Waals surface area contributed by atoms with Crippen LogP contribution in [-0.4, -0.2) is 26.1 Å². The minimum atomic E-state index is -0.363. The Hall–Kier alpha value is -1.41. The van der Waals surface area contributed by atoms with Crippen molar-refractivity contribution in [1.82, 2.24) is 20.2 Å². The molecule has 6 nitrogen and oxygen atoms in total. The van der Waals surface area contributed by atoms with Crippen molar-refractivity contribution in [2.75, 3.05) is 5.32 Å². The Kier molecular flexibility index (Phi) is 5.80. The van der Waals surface area contributed by atoms with Gasteiger partial charge in [0, 0.05) is 15.1 Å². The fourth-order valence-electron chi connectivity index (χ4n) is 1.93. The summed E-state index contributed by atoms with van der Waals surface area (Å²) in [6.07, 6.45) is 0.882. The number of amides is 1. The van der Waals surface area contributed by atoms with E-state index >= 15 is 0 Å². The molecule has 1 aromatic carbocycles. The third kappa shape index (κ3) is 3.74. The highest BCUT2D eigenvalue weighted by Gasteiger charge is 2.19. The smallest absolute Gasteiger partial charge is 0.270 e. The van der Waals surface area contributed by atoms with Crippen molar-refractivity contribution in [3.8, 4) is 0 Å². The van der Waals surface area contributed by atoms with Gasteiger partial charge in [-0.05, 0) is 23.8 Å². The summed E-state index contributed by atoms with van der Waals surface area (Å²) in [5.41, 5.74) is 0. The van der Waals surface area contributed by atoms with E-state index in [9.17, 15) is 4.79 Å². The molecule has 2 aromatic heterocycles.